The summed E-state index contributed by atoms with van der Waals surface area (Å²) >= 11 is 0. The van der Waals surface area contributed by atoms with Crippen molar-refractivity contribution >= 4 is 10.8 Å². The van der Waals surface area contributed by atoms with Gasteiger partial charge >= 0.3 is 0 Å². The highest BCUT2D eigenvalue weighted by Gasteiger charge is 2.28. The molecule has 2 bridgehead atoms. The molecule has 0 radical (unpaired) electrons. The predicted octanol–water partition coefficient (Wildman–Crippen LogP) is 3.17. The van der Waals surface area contributed by atoms with Crippen molar-refractivity contribution in [3.05, 3.63) is 42.0 Å². The van der Waals surface area contributed by atoms with Gasteiger partial charge < -0.3 is 10.1 Å². The summed E-state index contributed by atoms with van der Waals surface area (Å²) in [7, 11) is 1.72. The van der Waals surface area contributed by atoms with Crippen molar-refractivity contribution in [2.75, 3.05) is 20.2 Å². The minimum absolute atomic E-state index is 0.706. The zero-order valence-electron chi connectivity index (χ0n) is 13.2. The normalized spacial score (nSPS) is 25.3. The minimum Gasteiger partial charge on any atom is -0.497 e. The van der Waals surface area contributed by atoms with Crippen LogP contribution in [-0.4, -0.2) is 37.2 Å². The Bertz CT molecular complexity index is 670. The van der Waals surface area contributed by atoms with Crippen LogP contribution >= 0.6 is 0 Å². The molecular weight excluding hydrogens is 272 g/mol. The second-order valence-corrected chi connectivity index (χ2v) is 6.71. The molecule has 2 saturated heterocycles. The van der Waals surface area contributed by atoms with Gasteiger partial charge in [0.05, 0.1) is 7.11 Å². The van der Waals surface area contributed by atoms with Gasteiger partial charge in [-0.1, -0.05) is 18.2 Å². The van der Waals surface area contributed by atoms with Crippen molar-refractivity contribution < 1.29 is 4.74 Å². The first kappa shape index (κ1) is 14.0. The third kappa shape index (κ3) is 2.83. The lowest BCUT2D eigenvalue weighted by atomic mass is 10.0. The van der Waals surface area contributed by atoms with Crippen LogP contribution in [0.3, 0.4) is 0 Å². The van der Waals surface area contributed by atoms with Gasteiger partial charge in [0.25, 0.3) is 0 Å². The zero-order chi connectivity index (χ0) is 14.9. The van der Waals surface area contributed by atoms with Crippen molar-refractivity contribution in [1.29, 1.82) is 0 Å². The van der Waals surface area contributed by atoms with Crippen LogP contribution < -0.4 is 10.1 Å². The number of hydrogen-bond donors (Lipinski definition) is 1. The van der Waals surface area contributed by atoms with E-state index in [4.69, 9.17) is 4.74 Å². The van der Waals surface area contributed by atoms with Gasteiger partial charge in [0.2, 0.25) is 0 Å². The van der Waals surface area contributed by atoms with E-state index < -0.39 is 0 Å². The Hall–Kier alpha value is -1.58. The van der Waals surface area contributed by atoms with E-state index in [-0.39, 0.29) is 0 Å². The topological polar surface area (TPSA) is 24.5 Å². The molecule has 2 heterocycles. The minimum atomic E-state index is 0.706. The summed E-state index contributed by atoms with van der Waals surface area (Å²) < 4.78 is 5.30. The first-order valence-electron chi connectivity index (χ1n) is 8.35. The summed E-state index contributed by atoms with van der Waals surface area (Å²) in [4.78, 5) is 2.61. The van der Waals surface area contributed by atoms with Gasteiger partial charge in [0, 0.05) is 31.7 Å². The van der Waals surface area contributed by atoms with Gasteiger partial charge in [0.1, 0.15) is 5.75 Å². The number of fused-ring (bicyclic) bond motifs is 3. The molecule has 2 atom stereocenters. The first-order valence-corrected chi connectivity index (χ1v) is 8.35. The van der Waals surface area contributed by atoms with Crippen LogP contribution in [0.1, 0.15) is 24.8 Å². The Morgan fingerprint density at radius 2 is 1.86 bits per heavy atom. The van der Waals surface area contributed by atoms with Crippen molar-refractivity contribution in [1.82, 2.24) is 10.2 Å². The van der Waals surface area contributed by atoms with E-state index in [1.54, 1.807) is 7.11 Å². The van der Waals surface area contributed by atoms with Crippen LogP contribution in [-0.2, 0) is 6.54 Å². The monoisotopic (exact) mass is 296 g/mol. The van der Waals surface area contributed by atoms with E-state index in [2.05, 4.69) is 40.5 Å². The largest absolute Gasteiger partial charge is 0.497 e. The lowest BCUT2D eigenvalue weighted by molar-refractivity contribution is 0.251. The van der Waals surface area contributed by atoms with E-state index in [1.165, 1.54) is 48.7 Å². The third-order valence-electron chi connectivity index (χ3n) is 5.13. The highest BCUT2D eigenvalue weighted by Crippen LogP contribution is 2.24. The van der Waals surface area contributed by atoms with Crippen LogP contribution in [0.2, 0.25) is 0 Å². The van der Waals surface area contributed by atoms with Gasteiger partial charge in [-0.2, -0.15) is 0 Å². The molecule has 2 fully saturated rings. The van der Waals surface area contributed by atoms with E-state index >= 15 is 0 Å². The van der Waals surface area contributed by atoms with Crippen molar-refractivity contribution in [3.8, 4) is 5.75 Å². The molecule has 2 aromatic rings. The lowest BCUT2D eigenvalue weighted by Crippen LogP contribution is -2.34. The van der Waals surface area contributed by atoms with Gasteiger partial charge in [-0.05, 0) is 53.8 Å². The SMILES string of the molecule is COc1ccc2cc(CN3CCC4CCC(C3)N4)ccc2c1. The van der Waals surface area contributed by atoms with E-state index in [1.807, 2.05) is 6.07 Å². The quantitative estimate of drug-likeness (QED) is 0.941. The molecule has 2 aliphatic heterocycles. The number of methoxy groups -OCH3 is 1. The van der Waals surface area contributed by atoms with Crippen LogP contribution in [0.25, 0.3) is 10.8 Å². The Labute approximate surface area is 132 Å². The Morgan fingerprint density at radius 1 is 1.05 bits per heavy atom. The van der Waals surface area contributed by atoms with Crippen molar-refractivity contribution in [2.24, 2.45) is 0 Å². The molecule has 2 aliphatic rings. The average Bonchev–Trinajstić information content (AvgIpc) is 2.89. The molecule has 1 N–H and O–H groups in total. The second kappa shape index (κ2) is 5.90. The second-order valence-electron chi connectivity index (χ2n) is 6.71. The number of benzene rings is 2. The maximum atomic E-state index is 5.30. The van der Waals surface area contributed by atoms with Gasteiger partial charge in [-0.25, -0.2) is 0 Å². The molecule has 0 spiro atoms. The molecular formula is C19H24N2O. The number of nitrogens with zero attached hydrogens (tertiary/aromatic N) is 1. The summed E-state index contributed by atoms with van der Waals surface area (Å²) in [5.74, 6) is 0.926. The Kier molecular flexibility index (Phi) is 3.77. The highest BCUT2D eigenvalue weighted by molar-refractivity contribution is 5.84. The van der Waals surface area contributed by atoms with E-state index in [0.29, 0.717) is 6.04 Å². The van der Waals surface area contributed by atoms with Crippen LogP contribution in [0.4, 0.5) is 0 Å². The van der Waals surface area contributed by atoms with Gasteiger partial charge in [0.15, 0.2) is 0 Å². The number of likely N-dealkylation sites (tertiary alicyclic amines) is 1. The van der Waals surface area contributed by atoms with Crippen LogP contribution in [0.5, 0.6) is 5.75 Å². The van der Waals surface area contributed by atoms with Gasteiger partial charge in [-0.3, -0.25) is 4.90 Å². The summed E-state index contributed by atoms with van der Waals surface area (Å²) in [6, 6.07) is 14.6. The maximum Gasteiger partial charge on any atom is 0.119 e. The van der Waals surface area contributed by atoms with Gasteiger partial charge in [-0.15, -0.1) is 0 Å². The molecule has 116 valence electrons. The number of nitrogens with one attached hydrogen (secondary N) is 1. The molecule has 22 heavy (non-hydrogen) atoms. The van der Waals surface area contributed by atoms with Crippen molar-refractivity contribution in [3.63, 3.8) is 0 Å². The highest BCUT2D eigenvalue weighted by atomic mass is 16.5. The Morgan fingerprint density at radius 3 is 2.77 bits per heavy atom. The zero-order valence-corrected chi connectivity index (χ0v) is 13.2. The first-order chi connectivity index (χ1) is 10.8. The molecule has 2 unspecified atom stereocenters. The Balaban J connectivity index is 1.51. The molecule has 0 aromatic heterocycles. The van der Waals surface area contributed by atoms with Crippen molar-refractivity contribution in [2.45, 2.75) is 37.9 Å². The summed E-state index contributed by atoms with van der Waals surface area (Å²) in [6.45, 7) is 3.47. The molecule has 0 aliphatic carbocycles. The molecule has 0 saturated carbocycles. The third-order valence-corrected chi connectivity index (χ3v) is 5.13. The average molecular weight is 296 g/mol. The van der Waals surface area contributed by atoms with E-state index in [0.717, 1.165) is 18.3 Å². The van der Waals surface area contributed by atoms with Crippen LogP contribution in [0.15, 0.2) is 36.4 Å². The van der Waals surface area contributed by atoms with Crippen LogP contribution in [0, 0.1) is 0 Å². The maximum absolute atomic E-state index is 5.30. The molecule has 3 heteroatoms. The van der Waals surface area contributed by atoms with E-state index in [9.17, 15) is 0 Å². The summed E-state index contributed by atoms with van der Waals surface area (Å²) in [5, 5.41) is 6.30. The molecule has 3 nitrogen and oxygen atoms in total. The summed E-state index contributed by atoms with van der Waals surface area (Å²) in [5.41, 5.74) is 1.41. The lowest BCUT2D eigenvalue weighted by Gasteiger charge is -2.24. The molecule has 2 aromatic carbocycles. The molecule has 0 amide bonds. The molecule has 4 rings (SSSR count). The number of hydrogen-bond acceptors (Lipinski definition) is 3. The number of ether oxygens (including phenoxy) is 1. The predicted molar refractivity (Wildman–Crippen MR) is 90.3 cm³/mol. The fraction of sp³-hybridized carbons (Fsp3) is 0.474. The fourth-order valence-corrected chi connectivity index (χ4v) is 3.92. The summed E-state index contributed by atoms with van der Waals surface area (Å²) in [6.07, 6.45) is 4.01. The standard InChI is InChI=1S/C19H24N2O/c1-22-19-7-4-15-10-14(2-3-16(15)11-19)12-21-9-8-17-5-6-18(13-21)20-17/h2-4,7,10-11,17-18,20H,5-6,8-9,12-13H2,1H3. The smallest absolute Gasteiger partial charge is 0.119 e. The number of rotatable bonds is 3. The fourth-order valence-electron chi connectivity index (χ4n) is 3.92.